The third kappa shape index (κ3) is 3.27. The molecule has 0 aliphatic rings. The van der Waals surface area contributed by atoms with E-state index in [1.54, 1.807) is 0 Å². The highest BCUT2D eigenvalue weighted by Crippen LogP contribution is 2.29. The van der Waals surface area contributed by atoms with Crippen molar-refractivity contribution in [3.63, 3.8) is 0 Å². The molecule has 0 aromatic heterocycles. The summed E-state index contributed by atoms with van der Waals surface area (Å²) in [6, 6.07) is 2.31. The SMILES string of the molecule is Cc1cc(Cl)c(N(C)CC(F)(F)F)cc1F. The highest BCUT2D eigenvalue weighted by Gasteiger charge is 2.30. The van der Waals surface area contributed by atoms with Crippen LogP contribution in [0.2, 0.25) is 5.02 Å². The summed E-state index contributed by atoms with van der Waals surface area (Å²) < 4.78 is 49.6. The zero-order valence-corrected chi connectivity index (χ0v) is 9.45. The first kappa shape index (κ1) is 13.1. The van der Waals surface area contributed by atoms with Gasteiger partial charge in [-0.05, 0) is 24.6 Å². The maximum atomic E-state index is 13.2. The van der Waals surface area contributed by atoms with E-state index in [1.165, 1.54) is 20.0 Å². The topological polar surface area (TPSA) is 3.24 Å². The van der Waals surface area contributed by atoms with Crippen molar-refractivity contribution in [2.24, 2.45) is 0 Å². The van der Waals surface area contributed by atoms with Crippen molar-refractivity contribution in [1.29, 1.82) is 0 Å². The Hall–Kier alpha value is -0.970. The van der Waals surface area contributed by atoms with Crippen LogP contribution in [-0.2, 0) is 0 Å². The molecule has 0 aliphatic heterocycles. The number of benzene rings is 1. The van der Waals surface area contributed by atoms with E-state index in [0.717, 1.165) is 11.0 Å². The van der Waals surface area contributed by atoms with Crippen LogP contribution in [0.3, 0.4) is 0 Å². The van der Waals surface area contributed by atoms with E-state index in [9.17, 15) is 17.6 Å². The van der Waals surface area contributed by atoms with Gasteiger partial charge in [0.25, 0.3) is 0 Å². The van der Waals surface area contributed by atoms with Crippen molar-refractivity contribution in [2.75, 3.05) is 18.5 Å². The summed E-state index contributed by atoms with van der Waals surface area (Å²) in [5, 5.41) is 0.102. The summed E-state index contributed by atoms with van der Waals surface area (Å²) >= 11 is 5.75. The maximum Gasteiger partial charge on any atom is 0.405 e. The van der Waals surface area contributed by atoms with Gasteiger partial charge in [-0.15, -0.1) is 0 Å². The van der Waals surface area contributed by atoms with Crippen LogP contribution in [-0.4, -0.2) is 19.8 Å². The Morgan fingerprint density at radius 1 is 1.31 bits per heavy atom. The summed E-state index contributed by atoms with van der Waals surface area (Å²) in [6.07, 6.45) is -4.35. The Bertz CT molecular complexity index is 389. The molecule has 1 nitrogen and oxygen atoms in total. The monoisotopic (exact) mass is 255 g/mol. The third-order valence-corrected chi connectivity index (χ3v) is 2.36. The molecule has 0 spiro atoms. The Morgan fingerprint density at radius 2 is 1.88 bits per heavy atom. The molecule has 0 aliphatic carbocycles. The number of halogens is 5. The molecule has 0 heterocycles. The van der Waals surface area contributed by atoms with Crippen LogP contribution in [0.1, 0.15) is 5.56 Å². The van der Waals surface area contributed by atoms with E-state index >= 15 is 0 Å². The fourth-order valence-electron chi connectivity index (χ4n) is 1.28. The van der Waals surface area contributed by atoms with Gasteiger partial charge in [0.05, 0.1) is 10.7 Å². The molecule has 6 heteroatoms. The van der Waals surface area contributed by atoms with Crippen molar-refractivity contribution in [3.05, 3.63) is 28.5 Å². The zero-order valence-electron chi connectivity index (χ0n) is 8.70. The van der Waals surface area contributed by atoms with Gasteiger partial charge in [-0.3, -0.25) is 0 Å². The quantitative estimate of drug-likeness (QED) is 0.727. The normalized spacial score (nSPS) is 11.7. The molecule has 1 aromatic carbocycles. The second-order valence-electron chi connectivity index (χ2n) is 3.52. The lowest BCUT2D eigenvalue weighted by molar-refractivity contribution is -0.119. The number of alkyl halides is 3. The number of hydrogen-bond donors (Lipinski definition) is 0. The molecule has 0 fully saturated rings. The van der Waals surface area contributed by atoms with Gasteiger partial charge in [0.15, 0.2) is 0 Å². The Morgan fingerprint density at radius 3 is 2.38 bits per heavy atom. The van der Waals surface area contributed by atoms with Gasteiger partial charge in [0.2, 0.25) is 0 Å². The molecule has 0 radical (unpaired) electrons. The Balaban J connectivity index is 3.00. The smallest absolute Gasteiger partial charge is 0.364 e. The van der Waals surface area contributed by atoms with Gasteiger partial charge in [0.1, 0.15) is 12.4 Å². The Labute approximate surface area is 95.6 Å². The van der Waals surface area contributed by atoms with Crippen LogP contribution in [0.4, 0.5) is 23.2 Å². The molecule has 90 valence electrons. The number of nitrogens with zero attached hydrogens (tertiary/aromatic N) is 1. The number of anilines is 1. The van der Waals surface area contributed by atoms with Crippen molar-refractivity contribution in [3.8, 4) is 0 Å². The van der Waals surface area contributed by atoms with E-state index in [0.29, 0.717) is 5.56 Å². The minimum atomic E-state index is -4.35. The van der Waals surface area contributed by atoms with Gasteiger partial charge in [-0.2, -0.15) is 13.2 Å². The van der Waals surface area contributed by atoms with Gasteiger partial charge >= 0.3 is 6.18 Å². The van der Waals surface area contributed by atoms with E-state index in [1.807, 2.05) is 0 Å². The first-order chi connectivity index (χ1) is 7.20. The van der Waals surface area contributed by atoms with Crippen molar-refractivity contribution < 1.29 is 17.6 Å². The second kappa shape index (κ2) is 4.49. The first-order valence-electron chi connectivity index (χ1n) is 4.44. The fraction of sp³-hybridized carbons (Fsp3) is 0.400. The maximum absolute atomic E-state index is 13.2. The van der Waals surface area contributed by atoms with Crippen molar-refractivity contribution in [2.45, 2.75) is 13.1 Å². The molecule has 0 N–H and O–H groups in total. The predicted octanol–water partition coefficient (Wildman–Crippen LogP) is 3.79. The van der Waals surface area contributed by atoms with Crippen LogP contribution >= 0.6 is 11.6 Å². The van der Waals surface area contributed by atoms with Crippen LogP contribution in [0.25, 0.3) is 0 Å². The van der Waals surface area contributed by atoms with Crippen molar-refractivity contribution >= 4 is 17.3 Å². The lowest BCUT2D eigenvalue weighted by Gasteiger charge is -2.22. The number of aryl methyl sites for hydroxylation is 1. The van der Waals surface area contributed by atoms with Gasteiger partial charge in [0, 0.05) is 7.05 Å². The van der Waals surface area contributed by atoms with Crippen LogP contribution < -0.4 is 4.90 Å². The molecule has 0 amide bonds. The molecular formula is C10H10ClF4N. The van der Waals surface area contributed by atoms with Crippen LogP contribution in [0, 0.1) is 12.7 Å². The average Bonchev–Trinajstić information content (AvgIpc) is 2.08. The zero-order chi connectivity index (χ0) is 12.5. The molecule has 0 atom stereocenters. The summed E-state index contributed by atoms with van der Waals surface area (Å²) in [5.41, 5.74) is 0.330. The summed E-state index contributed by atoms with van der Waals surface area (Å²) in [6.45, 7) is 0.323. The fourth-order valence-corrected chi connectivity index (χ4v) is 1.64. The van der Waals surface area contributed by atoms with Crippen LogP contribution in [0.15, 0.2) is 12.1 Å². The lowest BCUT2D eigenvalue weighted by atomic mass is 10.2. The third-order valence-electron chi connectivity index (χ3n) is 2.06. The molecule has 0 saturated heterocycles. The van der Waals surface area contributed by atoms with Crippen LogP contribution in [0.5, 0.6) is 0 Å². The highest BCUT2D eigenvalue weighted by atomic mass is 35.5. The molecule has 16 heavy (non-hydrogen) atoms. The minimum absolute atomic E-state index is 0.0297. The molecule has 0 bridgehead atoms. The largest absolute Gasteiger partial charge is 0.405 e. The summed E-state index contributed by atoms with van der Waals surface area (Å²) in [5.74, 6) is -0.576. The standard InChI is InChI=1S/C10H10ClF4N/c1-6-3-7(11)9(4-8(6)12)16(2)5-10(13,14)15/h3-4H,5H2,1-2H3. The van der Waals surface area contributed by atoms with Gasteiger partial charge in [-0.1, -0.05) is 11.6 Å². The van der Waals surface area contributed by atoms with Crippen molar-refractivity contribution in [1.82, 2.24) is 0 Å². The molecule has 0 saturated carbocycles. The number of rotatable bonds is 2. The number of hydrogen-bond acceptors (Lipinski definition) is 1. The van der Waals surface area contributed by atoms with E-state index in [-0.39, 0.29) is 10.7 Å². The highest BCUT2D eigenvalue weighted by molar-refractivity contribution is 6.33. The van der Waals surface area contributed by atoms with E-state index < -0.39 is 18.5 Å². The Kier molecular flexibility index (Phi) is 3.68. The molecular weight excluding hydrogens is 246 g/mol. The predicted molar refractivity (Wildman–Crippen MR) is 55.5 cm³/mol. The summed E-state index contributed by atoms with van der Waals surface area (Å²) in [4.78, 5) is 0.866. The lowest BCUT2D eigenvalue weighted by Crippen LogP contribution is -2.31. The van der Waals surface area contributed by atoms with E-state index in [4.69, 9.17) is 11.6 Å². The second-order valence-corrected chi connectivity index (χ2v) is 3.93. The molecule has 1 rings (SSSR count). The molecule has 0 unspecified atom stereocenters. The summed E-state index contributed by atoms with van der Waals surface area (Å²) in [7, 11) is 1.21. The average molecular weight is 256 g/mol. The van der Waals surface area contributed by atoms with Gasteiger partial charge in [-0.25, -0.2) is 4.39 Å². The minimum Gasteiger partial charge on any atom is -0.364 e. The molecule has 1 aromatic rings. The van der Waals surface area contributed by atoms with Gasteiger partial charge < -0.3 is 4.90 Å². The first-order valence-corrected chi connectivity index (χ1v) is 4.82. The van der Waals surface area contributed by atoms with E-state index in [2.05, 4.69) is 0 Å².